The highest BCUT2D eigenvalue weighted by molar-refractivity contribution is 6.31. The lowest BCUT2D eigenvalue weighted by Gasteiger charge is -2.60. The predicted molar refractivity (Wildman–Crippen MR) is 90.9 cm³/mol. The summed E-state index contributed by atoms with van der Waals surface area (Å²) in [6, 6.07) is 0. The van der Waals surface area contributed by atoms with Gasteiger partial charge in [0.05, 0.1) is 5.38 Å². The van der Waals surface area contributed by atoms with E-state index in [1.165, 1.54) is 38.5 Å². The van der Waals surface area contributed by atoms with E-state index in [1.54, 1.807) is 0 Å². The van der Waals surface area contributed by atoms with Gasteiger partial charge in [0.15, 0.2) is 5.78 Å². The molecule has 8 atom stereocenters. The molecule has 124 valence electrons. The fourth-order valence-electron chi connectivity index (χ4n) is 7.32. The summed E-state index contributed by atoms with van der Waals surface area (Å²) in [6.07, 6.45) is 10.0. The number of rotatable bonds is 0. The maximum Gasteiger partial charge on any atom is 0.150 e. The van der Waals surface area contributed by atoms with Gasteiger partial charge < -0.3 is 0 Å². The number of fused-ring (bicyclic) bond motifs is 5. The van der Waals surface area contributed by atoms with Gasteiger partial charge in [0.25, 0.3) is 0 Å². The topological polar surface area (TPSA) is 17.1 Å². The van der Waals surface area contributed by atoms with Gasteiger partial charge >= 0.3 is 0 Å². The first-order valence-electron chi connectivity index (χ1n) is 9.53. The lowest BCUT2D eigenvalue weighted by Crippen LogP contribution is -2.55. The van der Waals surface area contributed by atoms with Crippen LogP contribution >= 0.6 is 11.6 Å². The molecule has 0 spiro atoms. The van der Waals surface area contributed by atoms with Crippen molar-refractivity contribution in [1.29, 1.82) is 0 Å². The van der Waals surface area contributed by atoms with Crippen LogP contribution in [-0.2, 0) is 4.79 Å². The second-order valence-corrected chi connectivity index (χ2v) is 10.0. The lowest BCUT2D eigenvalue weighted by atomic mass is 9.45. The number of alkyl halides is 1. The zero-order chi connectivity index (χ0) is 15.7. The molecule has 0 unspecified atom stereocenters. The van der Waals surface area contributed by atoms with Crippen LogP contribution in [0.4, 0.5) is 0 Å². The fraction of sp³-hybridized carbons (Fsp3) is 0.950. The van der Waals surface area contributed by atoms with Crippen LogP contribution in [0, 0.1) is 40.4 Å². The van der Waals surface area contributed by atoms with Crippen molar-refractivity contribution in [2.75, 3.05) is 0 Å². The maximum atomic E-state index is 12.1. The lowest BCUT2D eigenvalue weighted by molar-refractivity contribution is -0.138. The van der Waals surface area contributed by atoms with E-state index < -0.39 is 0 Å². The van der Waals surface area contributed by atoms with Crippen molar-refractivity contribution in [2.24, 2.45) is 40.4 Å². The number of halogens is 1. The van der Waals surface area contributed by atoms with Gasteiger partial charge in [0, 0.05) is 6.42 Å². The Hall–Kier alpha value is -0.0400. The Bertz CT molecular complexity index is 488. The van der Waals surface area contributed by atoms with Crippen molar-refractivity contribution in [2.45, 2.75) is 77.5 Å². The van der Waals surface area contributed by atoms with Crippen LogP contribution in [0.15, 0.2) is 0 Å². The number of hydrogen-bond acceptors (Lipinski definition) is 1. The first-order chi connectivity index (χ1) is 10.4. The van der Waals surface area contributed by atoms with Crippen molar-refractivity contribution in [3.8, 4) is 0 Å². The van der Waals surface area contributed by atoms with E-state index in [2.05, 4.69) is 20.8 Å². The first kappa shape index (κ1) is 15.5. The third-order valence-electron chi connectivity index (χ3n) is 8.96. The zero-order valence-electron chi connectivity index (χ0n) is 14.4. The molecule has 4 fully saturated rings. The summed E-state index contributed by atoms with van der Waals surface area (Å²) in [5.74, 6) is 4.49. The Morgan fingerprint density at radius 3 is 2.50 bits per heavy atom. The SMILES string of the molecule is C[C@@H]1CC[C@@H]2[C@@H]3CC[C@@H]4CC(=O)[C@H](Cl)C[C@]4(C)[C@H]3CC[C@]12C. The van der Waals surface area contributed by atoms with Crippen molar-refractivity contribution >= 4 is 17.4 Å². The number of hydrogen-bond donors (Lipinski definition) is 0. The largest absolute Gasteiger partial charge is 0.298 e. The molecule has 4 rings (SSSR count). The molecule has 0 aromatic heterocycles. The van der Waals surface area contributed by atoms with Gasteiger partial charge in [0.1, 0.15) is 0 Å². The smallest absolute Gasteiger partial charge is 0.150 e. The molecule has 22 heavy (non-hydrogen) atoms. The van der Waals surface area contributed by atoms with Crippen molar-refractivity contribution in [3.05, 3.63) is 0 Å². The molecule has 2 heteroatoms. The van der Waals surface area contributed by atoms with Crippen LogP contribution < -0.4 is 0 Å². The summed E-state index contributed by atoms with van der Waals surface area (Å²) in [7, 11) is 0. The van der Waals surface area contributed by atoms with Gasteiger partial charge in [-0.05, 0) is 85.4 Å². The molecule has 0 aromatic carbocycles. The van der Waals surface area contributed by atoms with E-state index in [9.17, 15) is 4.79 Å². The average molecular weight is 323 g/mol. The van der Waals surface area contributed by atoms with Crippen LogP contribution in [0.25, 0.3) is 0 Å². The minimum atomic E-state index is -0.212. The van der Waals surface area contributed by atoms with Gasteiger partial charge in [-0.15, -0.1) is 11.6 Å². The first-order valence-corrected chi connectivity index (χ1v) is 9.96. The van der Waals surface area contributed by atoms with Crippen LogP contribution in [-0.4, -0.2) is 11.2 Å². The number of ketones is 1. The van der Waals surface area contributed by atoms with Gasteiger partial charge in [0.2, 0.25) is 0 Å². The summed E-state index contributed by atoms with van der Waals surface area (Å²) in [5.41, 5.74) is 0.922. The molecule has 4 aliphatic carbocycles. The van der Waals surface area contributed by atoms with Crippen molar-refractivity contribution in [1.82, 2.24) is 0 Å². The Labute approximate surface area is 140 Å². The van der Waals surface area contributed by atoms with Crippen LogP contribution in [0.5, 0.6) is 0 Å². The molecule has 4 aliphatic rings. The standard InChI is InChI=1S/C20H31ClO/c1-12-4-7-15-14-6-5-13-10-18(22)17(21)11-20(13,3)16(14)8-9-19(12,15)2/h12-17H,4-11H2,1-3H3/t12-,13-,14+,15-,16+,17-,19-,20+/m1/s1. The second-order valence-electron chi connectivity index (χ2n) is 9.52. The van der Waals surface area contributed by atoms with Gasteiger partial charge in [-0.1, -0.05) is 20.8 Å². The average Bonchev–Trinajstić information content (AvgIpc) is 2.77. The minimum Gasteiger partial charge on any atom is -0.298 e. The molecule has 0 amide bonds. The summed E-state index contributed by atoms with van der Waals surface area (Å²) >= 11 is 6.42. The molecular formula is C20H31ClO. The van der Waals surface area contributed by atoms with E-state index in [-0.39, 0.29) is 5.38 Å². The second kappa shape index (κ2) is 4.98. The summed E-state index contributed by atoms with van der Waals surface area (Å²) in [6.45, 7) is 7.55. The third kappa shape index (κ3) is 1.93. The highest BCUT2D eigenvalue weighted by Gasteiger charge is 2.60. The molecule has 1 nitrogen and oxygen atoms in total. The Morgan fingerprint density at radius 1 is 1.00 bits per heavy atom. The molecular weight excluding hydrogens is 292 g/mol. The highest BCUT2D eigenvalue weighted by Crippen LogP contribution is 2.67. The molecule has 4 saturated carbocycles. The monoisotopic (exact) mass is 322 g/mol. The number of carbonyl (C=O) groups is 1. The highest BCUT2D eigenvalue weighted by atomic mass is 35.5. The minimum absolute atomic E-state index is 0.212. The van der Waals surface area contributed by atoms with Crippen molar-refractivity contribution in [3.63, 3.8) is 0 Å². The van der Waals surface area contributed by atoms with Crippen LogP contribution in [0.1, 0.15) is 72.1 Å². The zero-order valence-corrected chi connectivity index (χ0v) is 15.2. The predicted octanol–water partition coefficient (Wildman–Crippen LogP) is 5.45. The number of Topliss-reactive ketones (excluding diaryl/α,β-unsaturated/α-hetero) is 1. The summed E-state index contributed by atoms with van der Waals surface area (Å²) in [4.78, 5) is 12.1. The van der Waals surface area contributed by atoms with Gasteiger partial charge in [-0.2, -0.15) is 0 Å². The Kier molecular flexibility index (Phi) is 3.50. The maximum absolute atomic E-state index is 12.1. The molecule has 0 N–H and O–H groups in total. The molecule has 0 aliphatic heterocycles. The van der Waals surface area contributed by atoms with Crippen LogP contribution in [0.2, 0.25) is 0 Å². The van der Waals surface area contributed by atoms with Crippen molar-refractivity contribution < 1.29 is 4.79 Å². The molecule has 0 bridgehead atoms. The number of carbonyl (C=O) groups excluding carboxylic acids is 1. The summed E-state index contributed by atoms with van der Waals surface area (Å²) < 4.78 is 0. The van der Waals surface area contributed by atoms with E-state index in [0.29, 0.717) is 22.5 Å². The molecule has 0 aromatic rings. The fourth-order valence-corrected chi connectivity index (χ4v) is 7.74. The Balaban J connectivity index is 1.65. The van der Waals surface area contributed by atoms with Crippen LogP contribution in [0.3, 0.4) is 0 Å². The van der Waals surface area contributed by atoms with E-state index in [1.807, 2.05) is 0 Å². The van der Waals surface area contributed by atoms with E-state index in [4.69, 9.17) is 11.6 Å². The van der Waals surface area contributed by atoms with E-state index in [0.717, 1.165) is 36.5 Å². The molecule has 0 radical (unpaired) electrons. The summed E-state index contributed by atoms with van der Waals surface area (Å²) in [5, 5.41) is -0.212. The van der Waals surface area contributed by atoms with Gasteiger partial charge in [-0.3, -0.25) is 4.79 Å². The third-order valence-corrected chi connectivity index (χ3v) is 9.35. The molecule has 0 saturated heterocycles. The normalized spacial score (nSPS) is 57.9. The quantitative estimate of drug-likeness (QED) is 0.542. The van der Waals surface area contributed by atoms with E-state index >= 15 is 0 Å². The van der Waals surface area contributed by atoms with Gasteiger partial charge in [-0.25, -0.2) is 0 Å². The molecule has 0 heterocycles. The Morgan fingerprint density at radius 2 is 1.73 bits per heavy atom.